The van der Waals surface area contributed by atoms with Crippen LogP contribution in [0.3, 0.4) is 0 Å². The number of carbonyl (C=O) groups is 2. The van der Waals surface area contributed by atoms with Crippen molar-refractivity contribution in [2.75, 3.05) is 26.4 Å². The Morgan fingerprint density at radius 3 is 1.47 bits per heavy atom. The molecular formula is C41H80NO8P. The number of hydrogen-bond acceptors (Lipinski definition) is 8. The summed E-state index contributed by atoms with van der Waals surface area (Å²) in [5.41, 5.74) is 5.34. The number of esters is 2. The monoisotopic (exact) mass is 746 g/mol. The summed E-state index contributed by atoms with van der Waals surface area (Å²) in [6, 6.07) is 0. The van der Waals surface area contributed by atoms with Crippen molar-refractivity contribution in [3.8, 4) is 0 Å². The maximum absolute atomic E-state index is 12.6. The Hall–Kier alpha value is -1.25. The number of allylic oxidation sites excluding steroid dienone is 2. The second kappa shape index (κ2) is 38.5. The van der Waals surface area contributed by atoms with Gasteiger partial charge in [-0.05, 0) is 25.7 Å². The number of unbranched alkanes of at least 4 members (excludes halogenated alkanes) is 25. The quantitative estimate of drug-likeness (QED) is 0.0272. The molecule has 0 rings (SSSR count). The molecular weight excluding hydrogens is 665 g/mol. The molecule has 0 bridgehead atoms. The zero-order valence-corrected chi connectivity index (χ0v) is 34.0. The third-order valence-corrected chi connectivity index (χ3v) is 10.1. The van der Waals surface area contributed by atoms with Gasteiger partial charge in [0.1, 0.15) is 6.61 Å². The van der Waals surface area contributed by atoms with Gasteiger partial charge in [0.2, 0.25) is 0 Å². The molecule has 51 heavy (non-hydrogen) atoms. The third-order valence-electron chi connectivity index (χ3n) is 9.16. The van der Waals surface area contributed by atoms with Gasteiger partial charge in [-0.3, -0.25) is 18.6 Å². The molecule has 10 heteroatoms. The molecule has 0 radical (unpaired) electrons. The molecule has 302 valence electrons. The summed E-state index contributed by atoms with van der Waals surface area (Å²) in [7, 11) is -4.37. The number of rotatable bonds is 40. The maximum atomic E-state index is 12.6. The molecule has 0 aliphatic rings. The molecule has 0 aliphatic carbocycles. The molecule has 2 atom stereocenters. The first-order valence-corrected chi connectivity index (χ1v) is 22.7. The van der Waals surface area contributed by atoms with Crippen LogP contribution in [0.2, 0.25) is 0 Å². The van der Waals surface area contributed by atoms with Crippen molar-refractivity contribution in [3.05, 3.63) is 12.2 Å². The zero-order valence-electron chi connectivity index (χ0n) is 33.1. The van der Waals surface area contributed by atoms with Crippen LogP contribution in [-0.2, 0) is 32.7 Å². The molecule has 0 saturated heterocycles. The van der Waals surface area contributed by atoms with E-state index in [4.69, 9.17) is 24.3 Å². The summed E-state index contributed by atoms with van der Waals surface area (Å²) in [4.78, 5) is 34.8. The van der Waals surface area contributed by atoms with E-state index in [1.807, 2.05) is 6.08 Å². The van der Waals surface area contributed by atoms with E-state index < -0.39 is 32.5 Å². The van der Waals surface area contributed by atoms with Crippen LogP contribution in [0.25, 0.3) is 0 Å². The van der Waals surface area contributed by atoms with Crippen LogP contribution >= 0.6 is 7.82 Å². The Labute approximate surface area is 313 Å². The number of phosphoric acid groups is 1. The zero-order chi connectivity index (χ0) is 37.5. The summed E-state index contributed by atoms with van der Waals surface area (Å²) in [5, 5.41) is 0. The topological polar surface area (TPSA) is 134 Å². The predicted octanol–water partition coefficient (Wildman–Crippen LogP) is 11.8. The SMILES string of the molecule is CCCCCCCCCCCCC/C=C/CCC(=O)OC[C@H](COP(=O)(O)OCCN)OC(=O)CCCCCCCCCCCCCCCCC. The lowest BCUT2D eigenvalue weighted by atomic mass is 10.0. The Kier molecular flexibility index (Phi) is 37.5. The van der Waals surface area contributed by atoms with Gasteiger partial charge in [0.15, 0.2) is 6.10 Å². The van der Waals surface area contributed by atoms with Crippen LogP contribution in [0.1, 0.15) is 206 Å². The molecule has 1 unspecified atom stereocenters. The van der Waals surface area contributed by atoms with Gasteiger partial charge in [0.05, 0.1) is 13.2 Å². The first-order chi connectivity index (χ1) is 24.8. The van der Waals surface area contributed by atoms with Crippen LogP contribution < -0.4 is 5.73 Å². The van der Waals surface area contributed by atoms with Crippen molar-refractivity contribution in [1.82, 2.24) is 0 Å². The minimum absolute atomic E-state index is 0.0525. The molecule has 9 nitrogen and oxygen atoms in total. The standard InChI is InChI=1S/C41H80NO8P/c1-3-5-7-9-11-13-15-17-19-21-23-25-27-29-31-33-40(43)47-37-39(38-49-51(45,46)48-36-35-42)50-41(44)34-32-30-28-26-24-22-20-18-16-14-12-10-8-6-4-2/h27,29,39H,3-26,28,30-38,42H2,1-2H3,(H,45,46)/b29-27+/t39-/m1/s1. The highest BCUT2D eigenvalue weighted by Crippen LogP contribution is 2.43. The maximum Gasteiger partial charge on any atom is 0.472 e. The van der Waals surface area contributed by atoms with E-state index in [9.17, 15) is 19.0 Å². The molecule has 0 aliphatic heterocycles. The van der Waals surface area contributed by atoms with Crippen LogP contribution in [0.5, 0.6) is 0 Å². The van der Waals surface area contributed by atoms with Gasteiger partial charge in [-0.1, -0.05) is 180 Å². The molecule has 0 amide bonds. The lowest BCUT2D eigenvalue weighted by Crippen LogP contribution is -2.29. The Balaban J connectivity index is 4.18. The van der Waals surface area contributed by atoms with Gasteiger partial charge in [0, 0.05) is 19.4 Å². The minimum atomic E-state index is -4.37. The fourth-order valence-electron chi connectivity index (χ4n) is 6.01. The molecule has 3 N–H and O–H groups in total. The van der Waals surface area contributed by atoms with Crippen LogP contribution in [0.4, 0.5) is 0 Å². The molecule has 0 aromatic carbocycles. The molecule has 0 fully saturated rings. The van der Waals surface area contributed by atoms with E-state index in [1.165, 1.54) is 141 Å². The van der Waals surface area contributed by atoms with E-state index in [0.717, 1.165) is 25.7 Å². The van der Waals surface area contributed by atoms with Crippen molar-refractivity contribution in [3.63, 3.8) is 0 Å². The normalized spacial score (nSPS) is 13.4. The summed E-state index contributed by atoms with van der Waals surface area (Å²) in [6.07, 6.45) is 38.2. The minimum Gasteiger partial charge on any atom is -0.462 e. The molecule has 0 aromatic heterocycles. The predicted molar refractivity (Wildman–Crippen MR) is 211 cm³/mol. The second-order valence-corrected chi connectivity index (χ2v) is 15.7. The number of carbonyl (C=O) groups excluding carboxylic acids is 2. The summed E-state index contributed by atoms with van der Waals surface area (Å²) in [5.74, 6) is -0.875. The fourth-order valence-corrected chi connectivity index (χ4v) is 6.77. The summed E-state index contributed by atoms with van der Waals surface area (Å²) >= 11 is 0. The number of phosphoric ester groups is 1. The van der Waals surface area contributed by atoms with Gasteiger partial charge in [0.25, 0.3) is 0 Å². The Morgan fingerprint density at radius 1 is 0.569 bits per heavy atom. The molecule has 0 spiro atoms. The van der Waals surface area contributed by atoms with Crippen molar-refractivity contribution in [2.45, 2.75) is 213 Å². The van der Waals surface area contributed by atoms with Gasteiger partial charge in [-0.15, -0.1) is 0 Å². The largest absolute Gasteiger partial charge is 0.472 e. The lowest BCUT2D eigenvalue weighted by Gasteiger charge is -2.19. The molecule has 0 heterocycles. The van der Waals surface area contributed by atoms with Crippen molar-refractivity contribution in [2.24, 2.45) is 5.73 Å². The highest BCUT2D eigenvalue weighted by molar-refractivity contribution is 7.47. The Morgan fingerprint density at radius 2 is 1.00 bits per heavy atom. The molecule has 0 saturated carbocycles. The summed E-state index contributed by atoms with van der Waals surface area (Å²) in [6.45, 7) is 3.71. The first kappa shape index (κ1) is 49.8. The van der Waals surface area contributed by atoms with Crippen molar-refractivity contribution >= 4 is 19.8 Å². The Bertz CT molecular complexity index is 856. The van der Waals surface area contributed by atoms with Crippen LogP contribution in [-0.4, -0.2) is 49.3 Å². The van der Waals surface area contributed by atoms with E-state index in [0.29, 0.717) is 12.8 Å². The van der Waals surface area contributed by atoms with Crippen LogP contribution in [0, 0.1) is 0 Å². The fraction of sp³-hybridized carbons (Fsp3) is 0.902. The van der Waals surface area contributed by atoms with Gasteiger partial charge in [-0.2, -0.15) is 0 Å². The number of nitrogens with two attached hydrogens (primary N) is 1. The third kappa shape index (κ3) is 38.3. The number of hydrogen-bond donors (Lipinski definition) is 2. The lowest BCUT2D eigenvalue weighted by molar-refractivity contribution is -0.161. The second-order valence-electron chi connectivity index (χ2n) is 14.2. The van der Waals surface area contributed by atoms with Crippen LogP contribution in [0.15, 0.2) is 12.2 Å². The highest BCUT2D eigenvalue weighted by Gasteiger charge is 2.25. The van der Waals surface area contributed by atoms with E-state index in [-0.39, 0.29) is 32.6 Å². The average molecular weight is 746 g/mol. The first-order valence-electron chi connectivity index (χ1n) is 21.2. The summed E-state index contributed by atoms with van der Waals surface area (Å²) < 4.78 is 32.7. The van der Waals surface area contributed by atoms with Crippen molar-refractivity contribution in [1.29, 1.82) is 0 Å². The van der Waals surface area contributed by atoms with Gasteiger partial charge < -0.3 is 20.1 Å². The van der Waals surface area contributed by atoms with Crippen molar-refractivity contribution < 1.29 is 37.6 Å². The average Bonchev–Trinajstić information content (AvgIpc) is 3.11. The van der Waals surface area contributed by atoms with Gasteiger partial charge in [-0.25, -0.2) is 4.57 Å². The highest BCUT2D eigenvalue weighted by atomic mass is 31.2. The van der Waals surface area contributed by atoms with E-state index in [2.05, 4.69) is 19.9 Å². The van der Waals surface area contributed by atoms with E-state index in [1.54, 1.807) is 0 Å². The smallest absolute Gasteiger partial charge is 0.462 e. The number of ether oxygens (including phenoxy) is 2. The molecule has 0 aromatic rings. The van der Waals surface area contributed by atoms with Gasteiger partial charge >= 0.3 is 19.8 Å². The van der Waals surface area contributed by atoms with E-state index >= 15 is 0 Å².